The van der Waals surface area contributed by atoms with Crippen LogP contribution in [0.15, 0.2) is 10.4 Å². The molecule has 0 atom stereocenters. The molecular formula is C17H30F3IN4OS. The van der Waals surface area contributed by atoms with E-state index in [1.54, 1.807) is 0 Å². The zero-order chi connectivity index (χ0) is 19.6. The number of guanidine groups is 1. The molecule has 0 saturated carbocycles. The van der Waals surface area contributed by atoms with Crippen molar-refractivity contribution in [3.05, 3.63) is 16.1 Å². The van der Waals surface area contributed by atoms with E-state index in [-0.39, 0.29) is 36.0 Å². The summed E-state index contributed by atoms with van der Waals surface area (Å²) < 4.78 is 37.7. The number of nitrogens with one attached hydrogen (secondary N) is 2. The van der Waals surface area contributed by atoms with Crippen molar-refractivity contribution in [3.8, 4) is 0 Å². The van der Waals surface area contributed by atoms with Crippen LogP contribution in [0.3, 0.4) is 0 Å². The molecule has 1 rings (SSSR count). The number of halogens is 4. The summed E-state index contributed by atoms with van der Waals surface area (Å²) in [6.45, 7) is 7.99. The van der Waals surface area contributed by atoms with Crippen molar-refractivity contribution in [2.75, 3.05) is 26.2 Å². The van der Waals surface area contributed by atoms with Crippen LogP contribution >= 0.6 is 35.3 Å². The number of aliphatic hydroxyl groups is 1. The Hall–Kier alpha value is -0.620. The third-order valence-corrected chi connectivity index (χ3v) is 5.44. The van der Waals surface area contributed by atoms with Crippen LogP contribution in [0, 0.1) is 5.41 Å². The first-order valence-corrected chi connectivity index (χ1v) is 9.82. The topological polar surface area (TPSA) is 69.5 Å². The van der Waals surface area contributed by atoms with E-state index < -0.39 is 11.9 Å². The molecule has 0 unspecified atom stereocenters. The summed E-state index contributed by atoms with van der Waals surface area (Å²) in [5, 5.41) is 17.1. The Morgan fingerprint density at radius 1 is 1.22 bits per heavy atom. The van der Waals surface area contributed by atoms with Crippen molar-refractivity contribution < 1.29 is 18.3 Å². The van der Waals surface area contributed by atoms with Gasteiger partial charge in [0.25, 0.3) is 0 Å². The van der Waals surface area contributed by atoms with Gasteiger partial charge in [-0.1, -0.05) is 13.8 Å². The van der Waals surface area contributed by atoms with E-state index in [1.807, 2.05) is 6.92 Å². The Bertz CT molecular complexity index is 563. The second-order valence-electron chi connectivity index (χ2n) is 6.18. The quantitative estimate of drug-likeness (QED) is 0.246. The number of thiazole rings is 1. The lowest BCUT2D eigenvalue weighted by molar-refractivity contribution is -0.140. The molecule has 1 aromatic rings. The number of rotatable bonds is 10. The van der Waals surface area contributed by atoms with Gasteiger partial charge in [0.2, 0.25) is 0 Å². The van der Waals surface area contributed by atoms with E-state index in [0.29, 0.717) is 43.4 Å². The molecule has 0 aromatic carbocycles. The van der Waals surface area contributed by atoms with Gasteiger partial charge in [0.1, 0.15) is 0 Å². The minimum atomic E-state index is -4.39. The predicted molar refractivity (Wildman–Crippen MR) is 115 cm³/mol. The van der Waals surface area contributed by atoms with Crippen molar-refractivity contribution in [1.29, 1.82) is 0 Å². The Balaban J connectivity index is 0.00000676. The molecule has 5 nitrogen and oxygen atoms in total. The third-order valence-electron chi connectivity index (χ3n) is 4.53. The summed E-state index contributed by atoms with van der Waals surface area (Å²) in [7, 11) is 0. The highest BCUT2D eigenvalue weighted by Gasteiger charge is 2.33. The highest BCUT2D eigenvalue weighted by molar-refractivity contribution is 14.0. The summed E-state index contributed by atoms with van der Waals surface area (Å²) in [5.74, 6) is 0.629. The fraction of sp³-hybridized carbons (Fsp3) is 0.765. The van der Waals surface area contributed by atoms with Crippen LogP contribution in [0.2, 0.25) is 0 Å². The summed E-state index contributed by atoms with van der Waals surface area (Å²) >= 11 is 1.01. The summed E-state index contributed by atoms with van der Waals surface area (Å²) in [6.07, 6.45) is -1.45. The van der Waals surface area contributed by atoms with E-state index in [4.69, 9.17) is 0 Å². The minimum absolute atomic E-state index is 0. The highest BCUT2D eigenvalue weighted by atomic mass is 127. The van der Waals surface area contributed by atoms with Crippen LogP contribution in [-0.4, -0.2) is 42.3 Å². The average Bonchev–Trinajstić information content (AvgIpc) is 3.08. The molecule has 1 heterocycles. The van der Waals surface area contributed by atoms with Crippen LogP contribution in [0.4, 0.5) is 13.2 Å². The standard InChI is InChI=1S/C17H29F3N4OS.HI/c1-4-16(5-2,8-10-25)12-23-15(21-6-3)22-9-7-14-24-13(11-26-14)17(18,19)20;/h11,25H,4-10,12H2,1-3H3,(H2,21,22,23);1H. The zero-order valence-corrected chi connectivity index (χ0v) is 19.2. The van der Waals surface area contributed by atoms with Gasteiger partial charge in [0, 0.05) is 38.0 Å². The van der Waals surface area contributed by atoms with Gasteiger partial charge in [-0.05, 0) is 31.6 Å². The molecule has 3 N–H and O–H groups in total. The average molecular weight is 522 g/mol. The van der Waals surface area contributed by atoms with E-state index in [2.05, 4.69) is 34.5 Å². The number of alkyl halides is 3. The van der Waals surface area contributed by atoms with E-state index in [9.17, 15) is 18.3 Å². The van der Waals surface area contributed by atoms with Gasteiger partial charge in [-0.3, -0.25) is 4.99 Å². The van der Waals surface area contributed by atoms with Gasteiger partial charge >= 0.3 is 6.18 Å². The van der Waals surface area contributed by atoms with Crippen LogP contribution in [0.1, 0.15) is 50.7 Å². The molecule has 0 spiro atoms. The number of aliphatic imine (C=N–C) groups is 1. The fourth-order valence-electron chi connectivity index (χ4n) is 2.58. The Kier molecular flexibility index (Phi) is 12.5. The SMILES string of the molecule is CCNC(=NCC(CC)(CC)CCO)NCCc1nc(C(F)(F)F)cs1.I. The molecule has 10 heteroatoms. The van der Waals surface area contributed by atoms with Crippen molar-refractivity contribution in [1.82, 2.24) is 15.6 Å². The molecule has 1 aromatic heterocycles. The second kappa shape index (κ2) is 12.8. The summed E-state index contributed by atoms with van der Waals surface area (Å²) in [6, 6.07) is 0. The van der Waals surface area contributed by atoms with Crippen molar-refractivity contribution in [2.45, 2.75) is 52.6 Å². The van der Waals surface area contributed by atoms with Crippen LogP contribution in [0.5, 0.6) is 0 Å². The number of aliphatic hydroxyl groups excluding tert-OH is 1. The molecule has 0 saturated heterocycles. The fourth-order valence-corrected chi connectivity index (χ4v) is 3.38. The third kappa shape index (κ3) is 8.95. The lowest BCUT2D eigenvalue weighted by Gasteiger charge is -2.29. The Morgan fingerprint density at radius 3 is 2.37 bits per heavy atom. The largest absolute Gasteiger partial charge is 0.434 e. The minimum Gasteiger partial charge on any atom is -0.396 e. The van der Waals surface area contributed by atoms with Gasteiger partial charge in [0.15, 0.2) is 11.7 Å². The molecule has 0 aliphatic heterocycles. The first-order chi connectivity index (χ1) is 12.3. The van der Waals surface area contributed by atoms with Gasteiger partial charge < -0.3 is 15.7 Å². The van der Waals surface area contributed by atoms with Crippen molar-refractivity contribution in [2.24, 2.45) is 10.4 Å². The normalized spacial score (nSPS) is 12.6. The van der Waals surface area contributed by atoms with Gasteiger partial charge in [-0.25, -0.2) is 4.98 Å². The first kappa shape index (κ1) is 26.4. The molecule has 0 fully saturated rings. The smallest absolute Gasteiger partial charge is 0.396 e. The monoisotopic (exact) mass is 522 g/mol. The van der Waals surface area contributed by atoms with Gasteiger partial charge in [0.05, 0.1) is 5.01 Å². The molecule has 27 heavy (non-hydrogen) atoms. The molecule has 0 aliphatic carbocycles. The molecule has 0 aliphatic rings. The Labute approximate surface area is 180 Å². The maximum Gasteiger partial charge on any atom is 0.434 e. The van der Waals surface area contributed by atoms with E-state index in [1.165, 1.54) is 0 Å². The number of hydrogen-bond donors (Lipinski definition) is 3. The molecular weight excluding hydrogens is 492 g/mol. The number of hydrogen-bond acceptors (Lipinski definition) is 4. The first-order valence-electron chi connectivity index (χ1n) is 8.94. The maximum atomic E-state index is 12.6. The molecule has 158 valence electrons. The zero-order valence-electron chi connectivity index (χ0n) is 16.0. The summed E-state index contributed by atoms with van der Waals surface area (Å²) in [4.78, 5) is 8.23. The van der Waals surface area contributed by atoms with Gasteiger partial charge in [-0.15, -0.1) is 35.3 Å². The molecule has 0 amide bonds. The highest BCUT2D eigenvalue weighted by Crippen LogP contribution is 2.31. The molecule has 0 radical (unpaired) electrons. The number of nitrogens with zero attached hydrogens (tertiary/aromatic N) is 2. The second-order valence-corrected chi connectivity index (χ2v) is 7.12. The van der Waals surface area contributed by atoms with Crippen molar-refractivity contribution in [3.63, 3.8) is 0 Å². The van der Waals surface area contributed by atoms with Crippen molar-refractivity contribution >= 4 is 41.3 Å². The van der Waals surface area contributed by atoms with E-state index >= 15 is 0 Å². The predicted octanol–water partition coefficient (Wildman–Crippen LogP) is 4.07. The van der Waals surface area contributed by atoms with Crippen LogP contribution in [-0.2, 0) is 12.6 Å². The lowest BCUT2D eigenvalue weighted by atomic mass is 9.79. The maximum absolute atomic E-state index is 12.6. The van der Waals surface area contributed by atoms with Gasteiger partial charge in [-0.2, -0.15) is 13.2 Å². The van der Waals surface area contributed by atoms with Crippen LogP contribution < -0.4 is 10.6 Å². The van der Waals surface area contributed by atoms with E-state index in [0.717, 1.165) is 29.6 Å². The number of aromatic nitrogens is 1. The summed E-state index contributed by atoms with van der Waals surface area (Å²) in [5.41, 5.74) is -0.869. The molecule has 0 bridgehead atoms. The lowest BCUT2D eigenvalue weighted by Crippen LogP contribution is -2.39. The van der Waals surface area contributed by atoms with Crippen LogP contribution in [0.25, 0.3) is 0 Å². The Morgan fingerprint density at radius 2 is 1.89 bits per heavy atom.